The van der Waals surface area contributed by atoms with Gasteiger partial charge in [-0.2, -0.15) is 0 Å². The van der Waals surface area contributed by atoms with Crippen LogP contribution in [0.4, 0.5) is 5.69 Å². The van der Waals surface area contributed by atoms with E-state index in [1.54, 1.807) is 0 Å². The second-order valence-electron chi connectivity index (χ2n) is 4.60. The summed E-state index contributed by atoms with van der Waals surface area (Å²) in [4.78, 5) is 4.38. The molecule has 0 atom stereocenters. The number of aryl methyl sites for hydroxylation is 1. The van der Waals surface area contributed by atoms with Crippen LogP contribution in [0, 0.1) is 19.8 Å². The lowest BCUT2D eigenvalue weighted by molar-refractivity contribution is 0.663. The average Bonchev–Trinajstić information content (AvgIpc) is 2.29. The third-order valence-electron chi connectivity index (χ3n) is 2.61. The molecule has 17 heavy (non-hydrogen) atoms. The van der Waals surface area contributed by atoms with E-state index in [4.69, 9.17) is 5.84 Å². The molecule has 0 amide bonds. The van der Waals surface area contributed by atoms with Crippen LogP contribution in [-0.4, -0.2) is 12.5 Å². The molecule has 1 rings (SSSR count). The topological polar surface area (TPSA) is 62.4 Å². The lowest BCUT2D eigenvalue weighted by atomic mass is 10.1. The molecule has 0 saturated heterocycles. The molecule has 0 fully saturated rings. The molecule has 4 nitrogen and oxygen atoms in total. The van der Waals surface area contributed by atoms with Gasteiger partial charge in [0.1, 0.15) is 0 Å². The van der Waals surface area contributed by atoms with Crippen molar-refractivity contribution in [3.63, 3.8) is 0 Å². The molecule has 0 saturated carbocycles. The summed E-state index contributed by atoms with van der Waals surface area (Å²) in [5.41, 5.74) is 6.08. The number of nitrogens with zero attached hydrogens (tertiary/aromatic N) is 1. The minimum absolute atomic E-state index is 0.513. The molecule has 0 bridgehead atoms. The zero-order valence-corrected chi connectivity index (χ0v) is 11.0. The molecule has 0 aliphatic rings. The number of aliphatic imine (C=N–C) groups is 1. The van der Waals surface area contributed by atoms with Gasteiger partial charge in [-0.3, -0.25) is 10.4 Å². The van der Waals surface area contributed by atoms with E-state index in [-0.39, 0.29) is 0 Å². The highest BCUT2D eigenvalue weighted by molar-refractivity contribution is 5.94. The minimum Gasteiger partial charge on any atom is -0.325 e. The van der Waals surface area contributed by atoms with Gasteiger partial charge in [0.15, 0.2) is 0 Å². The smallest absolute Gasteiger partial charge is 0.210 e. The molecule has 0 aliphatic heterocycles. The lowest BCUT2D eigenvalue weighted by Gasteiger charge is -2.13. The number of nitrogens with one attached hydrogen (secondary N) is 2. The molecule has 4 heteroatoms. The number of hydrogen-bond donors (Lipinski definition) is 3. The van der Waals surface area contributed by atoms with E-state index in [1.165, 1.54) is 11.1 Å². The average molecular weight is 234 g/mol. The summed E-state index contributed by atoms with van der Waals surface area (Å²) in [7, 11) is 0. The Hall–Kier alpha value is -1.55. The summed E-state index contributed by atoms with van der Waals surface area (Å²) in [5, 5.41) is 3.21. The molecule has 1 aromatic rings. The predicted molar refractivity (Wildman–Crippen MR) is 74.0 cm³/mol. The largest absolute Gasteiger partial charge is 0.325 e. The zero-order chi connectivity index (χ0) is 12.8. The Morgan fingerprint density at radius 1 is 1.35 bits per heavy atom. The van der Waals surface area contributed by atoms with Crippen LogP contribution < -0.4 is 16.6 Å². The van der Waals surface area contributed by atoms with Gasteiger partial charge in [-0.15, -0.1) is 0 Å². The van der Waals surface area contributed by atoms with Crippen molar-refractivity contribution in [1.82, 2.24) is 5.43 Å². The van der Waals surface area contributed by atoms with Crippen LogP contribution in [0.2, 0.25) is 0 Å². The Kier molecular flexibility index (Phi) is 4.97. The normalized spacial score (nSPS) is 11.8. The molecule has 0 aromatic heterocycles. The van der Waals surface area contributed by atoms with Crippen molar-refractivity contribution in [3.8, 4) is 0 Å². The molecule has 0 heterocycles. The van der Waals surface area contributed by atoms with E-state index in [9.17, 15) is 0 Å². The van der Waals surface area contributed by atoms with Crippen molar-refractivity contribution in [2.45, 2.75) is 27.7 Å². The first kappa shape index (κ1) is 13.5. The van der Waals surface area contributed by atoms with Crippen molar-refractivity contribution in [3.05, 3.63) is 29.3 Å². The van der Waals surface area contributed by atoms with Gasteiger partial charge in [-0.05, 0) is 37.0 Å². The Bertz CT molecular complexity index is 396. The van der Waals surface area contributed by atoms with E-state index in [1.807, 2.05) is 12.1 Å². The van der Waals surface area contributed by atoms with Gasteiger partial charge in [0.2, 0.25) is 5.96 Å². The Morgan fingerprint density at radius 3 is 2.65 bits per heavy atom. The van der Waals surface area contributed by atoms with Crippen molar-refractivity contribution in [2.75, 3.05) is 11.9 Å². The van der Waals surface area contributed by atoms with E-state index in [0.717, 1.165) is 12.2 Å². The molecule has 0 spiro atoms. The SMILES string of the molecule is Cc1cccc(NC(=NCC(C)C)NN)c1C. The second-order valence-corrected chi connectivity index (χ2v) is 4.60. The summed E-state index contributed by atoms with van der Waals surface area (Å²) >= 11 is 0. The molecule has 0 radical (unpaired) electrons. The monoisotopic (exact) mass is 234 g/mol. The highest BCUT2D eigenvalue weighted by Crippen LogP contribution is 2.17. The minimum atomic E-state index is 0.513. The summed E-state index contributed by atoms with van der Waals surface area (Å²) in [6.45, 7) is 9.15. The predicted octanol–water partition coefficient (Wildman–Crippen LogP) is 2.19. The number of anilines is 1. The number of nitrogens with two attached hydrogens (primary N) is 1. The Morgan fingerprint density at radius 2 is 2.06 bits per heavy atom. The third kappa shape index (κ3) is 4.07. The molecule has 0 unspecified atom stereocenters. The molecular formula is C13H22N4. The van der Waals surface area contributed by atoms with Crippen LogP contribution >= 0.6 is 0 Å². The van der Waals surface area contributed by atoms with Crippen molar-refractivity contribution in [2.24, 2.45) is 16.8 Å². The molecule has 1 aromatic carbocycles. The quantitative estimate of drug-likeness (QED) is 0.325. The molecular weight excluding hydrogens is 212 g/mol. The van der Waals surface area contributed by atoms with Gasteiger partial charge in [0.25, 0.3) is 0 Å². The summed E-state index contributed by atoms with van der Waals surface area (Å²) in [6.07, 6.45) is 0. The van der Waals surface area contributed by atoms with Crippen LogP contribution in [0.25, 0.3) is 0 Å². The second kappa shape index (κ2) is 6.25. The van der Waals surface area contributed by atoms with E-state index < -0.39 is 0 Å². The first-order chi connectivity index (χ1) is 8.04. The van der Waals surface area contributed by atoms with Gasteiger partial charge in [0.05, 0.1) is 0 Å². The maximum Gasteiger partial charge on any atom is 0.210 e. The highest BCUT2D eigenvalue weighted by atomic mass is 15.3. The summed E-state index contributed by atoms with van der Waals surface area (Å²) in [5.74, 6) is 6.57. The zero-order valence-electron chi connectivity index (χ0n) is 11.0. The highest BCUT2D eigenvalue weighted by Gasteiger charge is 2.03. The number of hydrogen-bond acceptors (Lipinski definition) is 2. The number of guanidine groups is 1. The van der Waals surface area contributed by atoms with E-state index in [0.29, 0.717) is 11.9 Å². The van der Waals surface area contributed by atoms with Crippen molar-refractivity contribution in [1.29, 1.82) is 0 Å². The van der Waals surface area contributed by atoms with Crippen molar-refractivity contribution < 1.29 is 0 Å². The van der Waals surface area contributed by atoms with E-state index in [2.05, 4.69) is 49.5 Å². The number of benzene rings is 1. The van der Waals surface area contributed by atoms with Crippen LogP contribution in [0.5, 0.6) is 0 Å². The summed E-state index contributed by atoms with van der Waals surface area (Å²) < 4.78 is 0. The fourth-order valence-electron chi connectivity index (χ4n) is 1.41. The molecule has 0 aliphatic carbocycles. The lowest BCUT2D eigenvalue weighted by Crippen LogP contribution is -2.36. The van der Waals surface area contributed by atoms with Crippen molar-refractivity contribution >= 4 is 11.6 Å². The molecule has 4 N–H and O–H groups in total. The van der Waals surface area contributed by atoms with Gasteiger partial charge in [-0.1, -0.05) is 26.0 Å². The van der Waals surface area contributed by atoms with E-state index >= 15 is 0 Å². The van der Waals surface area contributed by atoms with Gasteiger partial charge < -0.3 is 5.32 Å². The fourth-order valence-corrected chi connectivity index (χ4v) is 1.41. The van der Waals surface area contributed by atoms with Gasteiger partial charge in [-0.25, -0.2) is 5.84 Å². The first-order valence-corrected chi connectivity index (χ1v) is 5.89. The third-order valence-corrected chi connectivity index (χ3v) is 2.61. The Labute approximate surface area is 103 Å². The van der Waals surface area contributed by atoms with Gasteiger partial charge >= 0.3 is 0 Å². The van der Waals surface area contributed by atoms with Gasteiger partial charge in [0, 0.05) is 12.2 Å². The standard InChI is InChI=1S/C13H22N4/c1-9(2)8-15-13(17-14)16-12-7-5-6-10(3)11(12)4/h5-7,9H,8,14H2,1-4H3,(H2,15,16,17). The Balaban J connectivity index is 2.81. The summed E-state index contributed by atoms with van der Waals surface area (Å²) in [6, 6.07) is 6.12. The van der Waals surface area contributed by atoms with Crippen LogP contribution in [0.3, 0.4) is 0 Å². The van der Waals surface area contributed by atoms with Crippen LogP contribution in [0.15, 0.2) is 23.2 Å². The fraction of sp³-hybridized carbons (Fsp3) is 0.462. The first-order valence-electron chi connectivity index (χ1n) is 5.89. The van der Waals surface area contributed by atoms with Crippen LogP contribution in [-0.2, 0) is 0 Å². The van der Waals surface area contributed by atoms with Crippen LogP contribution in [0.1, 0.15) is 25.0 Å². The maximum absolute atomic E-state index is 5.45. The number of hydrazine groups is 1. The number of rotatable bonds is 3. The maximum atomic E-state index is 5.45. The molecule has 94 valence electrons.